The molecule has 1 unspecified atom stereocenters. The Balaban J connectivity index is 2.03. The van der Waals surface area contributed by atoms with Gasteiger partial charge in [-0.05, 0) is 34.1 Å². The molecule has 0 bridgehead atoms. The van der Waals surface area contributed by atoms with E-state index in [1.54, 1.807) is 18.2 Å². The van der Waals surface area contributed by atoms with E-state index in [0.29, 0.717) is 11.3 Å². The number of nitrogens with one attached hydrogen (secondary N) is 2. The molecule has 3 rings (SSSR count). The van der Waals surface area contributed by atoms with Gasteiger partial charge in [0.1, 0.15) is 17.7 Å². The number of fused-ring (bicyclic) bond motifs is 1. The molecule has 1 amide bonds. The second kappa shape index (κ2) is 5.38. The number of anilines is 2. The summed E-state index contributed by atoms with van der Waals surface area (Å²) in [6, 6.07) is 6.49. The lowest BCUT2D eigenvalue weighted by molar-refractivity contribution is -0.116. The third-order valence-electron chi connectivity index (χ3n) is 3.16. The maximum atomic E-state index is 13.9. The normalized spacial score (nSPS) is 16.6. The van der Waals surface area contributed by atoms with Crippen molar-refractivity contribution in [1.82, 2.24) is 0 Å². The Morgan fingerprint density at radius 2 is 1.90 bits per heavy atom. The summed E-state index contributed by atoms with van der Waals surface area (Å²) >= 11 is 6.48. The van der Waals surface area contributed by atoms with Crippen LogP contribution in [-0.2, 0) is 4.79 Å². The van der Waals surface area contributed by atoms with E-state index in [9.17, 15) is 13.6 Å². The van der Waals surface area contributed by atoms with Gasteiger partial charge in [-0.2, -0.15) is 0 Å². The van der Waals surface area contributed by atoms with E-state index in [2.05, 4.69) is 42.5 Å². The lowest BCUT2D eigenvalue weighted by Crippen LogP contribution is -2.20. The van der Waals surface area contributed by atoms with Crippen molar-refractivity contribution in [1.29, 1.82) is 0 Å². The fourth-order valence-corrected chi connectivity index (χ4v) is 3.36. The summed E-state index contributed by atoms with van der Waals surface area (Å²) in [6.07, 6.45) is 0. The molecule has 21 heavy (non-hydrogen) atoms. The van der Waals surface area contributed by atoms with E-state index in [0.717, 1.165) is 16.6 Å². The van der Waals surface area contributed by atoms with Gasteiger partial charge in [0.05, 0.1) is 5.69 Å². The van der Waals surface area contributed by atoms with Crippen LogP contribution in [0.2, 0.25) is 0 Å². The molecular formula is C14H8Br2F2N2O. The maximum Gasteiger partial charge on any atom is 0.251 e. The molecule has 1 atom stereocenters. The molecule has 2 aromatic rings. The highest BCUT2D eigenvalue weighted by molar-refractivity contribution is 9.11. The lowest BCUT2D eigenvalue weighted by atomic mass is 10.1. The van der Waals surface area contributed by atoms with Crippen molar-refractivity contribution >= 4 is 49.1 Å². The Bertz CT molecular complexity index is 729. The van der Waals surface area contributed by atoms with E-state index in [1.807, 2.05) is 0 Å². The van der Waals surface area contributed by atoms with Gasteiger partial charge >= 0.3 is 0 Å². The van der Waals surface area contributed by atoms with Gasteiger partial charge in [-0.3, -0.25) is 4.79 Å². The highest BCUT2D eigenvalue weighted by atomic mass is 79.9. The number of amides is 1. The molecular weight excluding hydrogens is 410 g/mol. The number of hydrogen-bond acceptors (Lipinski definition) is 2. The summed E-state index contributed by atoms with van der Waals surface area (Å²) in [7, 11) is 0. The van der Waals surface area contributed by atoms with Crippen LogP contribution in [0.3, 0.4) is 0 Å². The zero-order valence-electron chi connectivity index (χ0n) is 10.4. The average molecular weight is 418 g/mol. The first-order valence-corrected chi connectivity index (χ1v) is 7.56. The van der Waals surface area contributed by atoms with Crippen molar-refractivity contribution in [3.05, 3.63) is 56.5 Å². The van der Waals surface area contributed by atoms with Crippen LogP contribution in [0.1, 0.15) is 11.6 Å². The number of benzene rings is 2. The predicted molar refractivity (Wildman–Crippen MR) is 83.2 cm³/mol. The van der Waals surface area contributed by atoms with Gasteiger partial charge < -0.3 is 10.6 Å². The molecule has 0 radical (unpaired) electrons. The molecule has 3 nitrogen and oxygen atoms in total. The van der Waals surface area contributed by atoms with Gasteiger partial charge in [0.2, 0.25) is 0 Å². The fraction of sp³-hybridized carbons (Fsp3) is 0.0714. The summed E-state index contributed by atoms with van der Waals surface area (Å²) in [4.78, 5) is 12.1. The van der Waals surface area contributed by atoms with Crippen LogP contribution in [0, 0.1) is 11.6 Å². The Labute approximate surface area is 136 Å². The maximum absolute atomic E-state index is 13.9. The van der Waals surface area contributed by atoms with Crippen molar-refractivity contribution < 1.29 is 13.6 Å². The molecule has 0 saturated heterocycles. The SMILES string of the molecule is O=C1Nc2cccc(Br)c2C1Nc1c(F)cc(F)cc1Br. The van der Waals surface area contributed by atoms with Gasteiger partial charge in [0.25, 0.3) is 5.91 Å². The van der Waals surface area contributed by atoms with Gasteiger partial charge in [0.15, 0.2) is 0 Å². The topological polar surface area (TPSA) is 41.1 Å². The summed E-state index contributed by atoms with van der Waals surface area (Å²) in [5, 5.41) is 5.54. The molecule has 0 saturated carbocycles. The molecule has 7 heteroatoms. The van der Waals surface area contributed by atoms with Crippen LogP contribution in [0.15, 0.2) is 39.3 Å². The van der Waals surface area contributed by atoms with Crippen LogP contribution < -0.4 is 10.6 Å². The van der Waals surface area contributed by atoms with Crippen LogP contribution >= 0.6 is 31.9 Å². The monoisotopic (exact) mass is 416 g/mol. The van der Waals surface area contributed by atoms with Crippen molar-refractivity contribution in [2.75, 3.05) is 10.6 Å². The Morgan fingerprint density at radius 1 is 1.14 bits per heavy atom. The predicted octanol–water partition coefficient (Wildman–Crippen LogP) is 4.60. The summed E-state index contributed by atoms with van der Waals surface area (Å²) < 4.78 is 28.0. The second-order valence-corrected chi connectivity index (χ2v) is 6.22. The fourth-order valence-electron chi connectivity index (χ4n) is 2.24. The Morgan fingerprint density at radius 3 is 2.62 bits per heavy atom. The Hall–Kier alpha value is -1.47. The van der Waals surface area contributed by atoms with E-state index in [-0.39, 0.29) is 16.1 Å². The molecule has 1 aliphatic rings. The smallest absolute Gasteiger partial charge is 0.251 e. The molecule has 0 fully saturated rings. The minimum absolute atomic E-state index is 0.0418. The molecule has 0 aliphatic carbocycles. The van der Waals surface area contributed by atoms with E-state index >= 15 is 0 Å². The standard InChI is InChI=1S/C14H8Br2F2N2O/c15-7-2-1-3-10-11(7)13(14(21)19-10)20-12-8(16)4-6(17)5-9(12)18/h1-5,13,20H,(H,19,21). The number of halogens is 4. The molecule has 2 N–H and O–H groups in total. The number of hydrogen-bond donors (Lipinski definition) is 2. The van der Waals surface area contributed by atoms with Crippen LogP contribution in [0.25, 0.3) is 0 Å². The van der Waals surface area contributed by atoms with Gasteiger partial charge in [-0.1, -0.05) is 22.0 Å². The van der Waals surface area contributed by atoms with Crippen LogP contribution in [0.5, 0.6) is 0 Å². The van der Waals surface area contributed by atoms with E-state index in [4.69, 9.17) is 0 Å². The third kappa shape index (κ3) is 2.55. The molecule has 2 aromatic carbocycles. The minimum atomic E-state index is -0.768. The van der Waals surface area contributed by atoms with Crippen LogP contribution in [0.4, 0.5) is 20.2 Å². The zero-order chi connectivity index (χ0) is 15.1. The number of carbonyl (C=O) groups excluding carboxylic acids is 1. The lowest BCUT2D eigenvalue weighted by Gasteiger charge is -2.16. The molecule has 1 aliphatic heterocycles. The van der Waals surface area contributed by atoms with Crippen molar-refractivity contribution in [3.63, 3.8) is 0 Å². The van der Waals surface area contributed by atoms with Gasteiger partial charge in [-0.25, -0.2) is 8.78 Å². The van der Waals surface area contributed by atoms with Crippen molar-refractivity contribution in [3.8, 4) is 0 Å². The largest absolute Gasteiger partial charge is 0.367 e. The van der Waals surface area contributed by atoms with Gasteiger partial charge in [0, 0.05) is 26.3 Å². The average Bonchev–Trinajstić information content (AvgIpc) is 2.71. The summed E-state index contributed by atoms with van der Waals surface area (Å²) in [5.74, 6) is -1.76. The van der Waals surface area contributed by atoms with Crippen molar-refractivity contribution in [2.24, 2.45) is 0 Å². The number of carbonyl (C=O) groups is 1. The number of rotatable bonds is 2. The molecule has 1 heterocycles. The minimum Gasteiger partial charge on any atom is -0.367 e. The summed E-state index contributed by atoms with van der Waals surface area (Å²) in [5.41, 5.74) is 1.39. The first kappa shape index (κ1) is 14.5. The Kier molecular flexibility index (Phi) is 3.71. The van der Waals surface area contributed by atoms with Crippen LogP contribution in [-0.4, -0.2) is 5.91 Å². The van der Waals surface area contributed by atoms with E-state index < -0.39 is 17.7 Å². The third-order valence-corrected chi connectivity index (χ3v) is 4.47. The van der Waals surface area contributed by atoms with Gasteiger partial charge in [-0.15, -0.1) is 0 Å². The van der Waals surface area contributed by atoms with Crippen molar-refractivity contribution in [2.45, 2.75) is 6.04 Å². The molecule has 108 valence electrons. The molecule has 0 spiro atoms. The van der Waals surface area contributed by atoms with E-state index in [1.165, 1.54) is 0 Å². The first-order chi connectivity index (χ1) is 9.97. The highest BCUT2D eigenvalue weighted by Crippen LogP contribution is 2.40. The quantitative estimate of drug-likeness (QED) is 0.749. The summed E-state index contributed by atoms with van der Waals surface area (Å²) in [6.45, 7) is 0. The molecule has 0 aromatic heterocycles. The first-order valence-electron chi connectivity index (χ1n) is 5.97. The zero-order valence-corrected chi connectivity index (χ0v) is 13.6. The second-order valence-electron chi connectivity index (χ2n) is 4.51. The highest BCUT2D eigenvalue weighted by Gasteiger charge is 2.33.